The zero-order valence-electron chi connectivity index (χ0n) is 19.0. The molecule has 5 rings (SSSR count). The fourth-order valence-electron chi connectivity index (χ4n) is 4.04. The van der Waals surface area contributed by atoms with Gasteiger partial charge in [-0.3, -0.25) is 4.79 Å². The average Bonchev–Trinajstić information content (AvgIpc) is 3.55. The summed E-state index contributed by atoms with van der Waals surface area (Å²) < 4.78 is 38.0. The molecule has 1 saturated carbocycles. The summed E-state index contributed by atoms with van der Waals surface area (Å²) >= 11 is 0. The molecule has 10 heteroatoms. The average molecular weight is 496 g/mol. The highest BCUT2D eigenvalue weighted by atomic mass is 32.2. The number of carbonyl (C=O) groups excluding carboxylic acids is 1. The number of rotatable bonds is 8. The number of anilines is 1. The van der Waals surface area contributed by atoms with Crippen molar-refractivity contribution in [2.24, 2.45) is 0 Å². The molecule has 0 radical (unpaired) electrons. The Balaban J connectivity index is 1.32. The van der Waals surface area contributed by atoms with Gasteiger partial charge in [-0.2, -0.15) is 0 Å². The number of hydrogen-bond acceptors (Lipinski definition) is 7. The van der Waals surface area contributed by atoms with E-state index in [1.165, 1.54) is 12.1 Å². The largest absolute Gasteiger partial charge is 0.454 e. The van der Waals surface area contributed by atoms with Crippen LogP contribution in [0.2, 0.25) is 0 Å². The van der Waals surface area contributed by atoms with Crippen molar-refractivity contribution in [2.75, 3.05) is 18.7 Å². The summed E-state index contributed by atoms with van der Waals surface area (Å²) in [6.45, 7) is 1.46. The minimum Gasteiger partial charge on any atom is -0.454 e. The third-order valence-electron chi connectivity index (χ3n) is 6.19. The molecule has 0 saturated heterocycles. The highest BCUT2D eigenvalue weighted by molar-refractivity contribution is 7.89. The Bertz CT molecular complexity index is 1370. The molecule has 9 nitrogen and oxygen atoms in total. The van der Waals surface area contributed by atoms with Crippen molar-refractivity contribution >= 4 is 21.7 Å². The number of amides is 1. The molecule has 1 amide bonds. The second-order valence-corrected chi connectivity index (χ2v) is 10.5. The van der Waals surface area contributed by atoms with Crippen LogP contribution >= 0.6 is 0 Å². The molecular formula is C25H25N3O6S. The van der Waals surface area contributed by atoms with Crippen LogP contribution in [-0.4, -0.2) is 43.9 Å². The van der Waals surface area contributed by atoms with Gasteiger partial charge in [0.1, 0.15) is 5.82 Å². The van der Waals surface area contributed by atoms with E-state index in [2.05, 4.69) is 15.0 Å². The number of aromatic nitrogens is 1. The van der Waals surface area contributed by atoms with Crippen LogP contribution < -0.4 is 19.5 Å². The number of fused-ring (bicyclic) bond motifs is 1. The number of nitrogens with one attached hydrogen (secondary N) is 2. The predicted molar refractivity (Wildman–Crippen MR) is 129 cm³/mol. The molecule has 3 N–H and O–H groups in total. The number of aliphatic hydroxyl groups is 1. The van der Waals surface area contributed by atoms with E-state index in [1.807, 2.05) is 18.2 Å². The van der Waals surface area contributed by atoms with Crippen molar-refractivity contribution in [3.8, 4) is 22.8 Å². The molecule has 0 bridgehead atoms. The number of nitrogens with zero attached hydrogens (tertiary/aromatic N) is 1. The highest BCUT2D eigenvalue weighted by Crippen LogP contribution is 2.51. The zero-order chi connectivity index (χ0) is 24.6. The third-order valence-corrected chi connectivity index (χ3v) is 7.80. The molecule has 35 heavy (non-hydrogen) atoms. The smallest absolute Gasteiger partial charge is 0.240 e. The molecule has 0 spiro atoms. The number of sulfonamides is 1. The van der Waals surface area contributed by atoms with E-state index >= 15 is 0 Å². The summed E-state index contributed by atoms with van der Waals surface area (Å²) in [5.74, 6) is 1.60. The van der Waals surface area contributed by atoms with Crippen LogP contribution in [0, 0.1) is 0 Å². The van der Waals surface area contributed by atoms with Crippen LogP contribution in [0.1, 0.15) is 25.3 Å². The molecule has 3 aromatic rings. The van der Waals surface area contributed by atoms with Gasteiger partial charge in [-0.15, -0.1) is 0 Å². The van der Waals surface area contributed by atoms with Gasteiger partial charge < -0.3 is 19.9 Å². The normalized spacial score (nSPS) is 16.5. The van der Waals surface area contributed by atoms with Crippen LogP contribution in [0.3, 0.4) is 0 Å². The van der Waals surface area contributed by atoms with E-state index in [4.69, 9.17) is 14.6 Å². The molecule has 182 valence electrons. The Kier molecular flexibility index (Phi) is 5.96. The fourth-order valence-corrected chi connectivity index (χ4v) is 5.28. The molecular weight excluding hydrogens is 470 g/mol. The molecule has 2 heterocycles. The lowest BCUT2D eigenvalue weighted by Crippen LogP contribution is -2.34. The van der Waals surface area contributed by atoms with Crippen molar-refractivity contribution < 1.29 is 27.8 Å². The summed E-state index contributed by atoms with van der Waals surface area (Å²) in [6.07, 6.45) is 1.47. The van der Waals surface area contributed by atoms with Crippen molar-refractivity contribution in [3.05, 3.63) is 66.2 Å². The predicted octanol–water partition coefficient (Wildman–Crippen LogP) is 2.81. The minimum atomic E-state index is -3.74. The van der Waals surface area contributed by atoms with Gasteiger partial charge >= 0.3 is 0 Å². The van der Waals surface area contributed by atoms with Crippen molar-refractivity contribution in [1.29, 1.82) is 0 Å². The highest BCUT2D eigenvalue weighted by Gasteiger charge is 2.51. The second kappa shape index (κ2) is 8.95. The SMILES string of the molecule is CC(CO)NS(=O)(=O)c1ccc(-c2cccc(NC(=O)C3(c4ccc5c(c4)OCO5)CC3)n2)cc1. The fraction of sp³-hybridized carbons (Fsp3) is 0.280. The van der Waals surface area contributed by atoms with Crippen LogP contribution in [0.5, 0.6) is 11.5 Å². The van der Waals surface area contributed by atoms with Crippen LogP contribution in [0.4, 0.5) is 5.82 Å². The van der Waals surface area contributed by atoms with E-state index in [9.17, 15) is 13.2 Å². The summed E-state index contributed by atoms with van der Waals surface area (Å²) in [4.78, 5) is 17.8. The van der Waals surface area contributed by atoms with Gasteiger partial charge in [0, 0.05) is 11.6 Å². The Morgan fingerprint density at radius 3 is 2.54 bits per heavy atom. The Morgan fingerprint density at radius 1 is 1.09 bits per heavy atom. The first-order valence-corrected chi connectivity index (χ1v) is 12.7. The lowest BCUT2D eigenvalue weighted by Gasteiger charge is -2.16. The topological polar surface area (TPSA) is 127 Å². The Labute approximate surface area is 203 Å². The number of hydrogen-bond donors (Lipinski definition) is 3. The van der Waals surface area contributed by atoms with Gasteiger partial charge in [-0.05, 0) is 61.7 Å². The van der Waals surface area contributed by atoms with Gasteiger partial charge in [0.25, 0.3) is 0 Å². The summed E-state index contributed by atoms with van der Waals surface area (Å²) in [5.41, 5.74) is 1.56. The van der Waals surface area contributed by atoms with E-state index in [0.717, 1.165) is 18.4 Å². The Hall–Kier alpha value is -3.47. The molecule has 1 aromatic heterocycles. The quantitative estimate of drug-likeness (QED) is 0.439. The molecule has 1 aliphatic carbocycles. The van der Waals surface area contributed by atoms with Crippen molar-refractivity contribution in [3.63, 3.8) is 0 Å². The minimum absolute atomic E-state index is 0.0883. The van der Waals surface area contributed by atoms with Crippen molar-refractivity contribution in [1.82, 2.24) is 9.71 Å². The van der Waals surface area contributed by atoms with Crippen LogP contribution in [0.25, 0.3) is 11.3 Å². The number of carbonyl (C=O) groups is 1. The van der Waals surface area contributed by atoms with Crippen LogP contribution in [-0.2, 0) is 20.2 Å². The first-order valence-electron chi connectivity index (χ1n) is 11.2. The van der Waals surface area contributed by atoms with Gasteiger partial charge in [-0.1, -0.05) is 24.3 Å². The molecule has 1 atom stereocenters. The Morgan fingerprint density at radius 2 is 1.83 bits per heavy atom. The number of ether oxygens (including phenoxy) is 2. The number of aliphatic hydroxyl groups excluding tert-OH is 1. The molecule has 1 aliphatic heterocycles. The van der Waals surface area contributed by atoms with Gasteiger partial charge in [-0.25, -0.2) is 18.1 Å². The molecule has 1 fully saturated rings. The molecule has 2 aliphatic rings. The third kappa shape index (κ3) is 4.60. The maximum absolute atomic E-state index is 13.2. The van der Waals surface area contributed by atoms with E-state index in [-0.39, 0.29) is 24.2 Å². The van der Waals surface area contributed by atoms with E-state index < -0.39 is 21.5 Å². The summed E-state index contributed by atoms with van der Waals surface area (Å²) in [5, 5.41) is 12.0. The number of pyridine rings is 1. The monoisotopic (exact) mass is 495 g/mol. The van der Waals surface area contributed by atoms with Crippen LogP contribution in [0.15, 0.2) is 65.6 Å². The molecule has 2 aromatic carbocycles. The maximum Gasteiger partial charge on any atom is 0.240 e. The first kappa shape index (κ1) is 23.3. The standard InChI is InChI=1S/C25H25N3O6S/c1-16(14-29)28-35(31,32)19-8-5-17(6-9-19)20-3-2-4-23(26-20)27-24(30)25(11-12-25)18-7-10-21-22(13-18)34-15-33-21/h2-10,13,16,28-29H,11-12,14-15H2,1H3,(H,26,27,30). The van der Waals surface area contributed by atoms with Gasteiger partial charge in [0.15, 0.2) is 11.5 Å². The first-order chi connectivity index (χ1) is 16.8. The summed E-state index contributed by atoms with van der Waals surface area (Å²) in [7, 11) is -3.74. The maximum atomic E-state index is 13.2. The van der Waals surface area contributed by atoms with Crippen molar-refractivity contribution in [2.45, 2.75) is 36.1 Å². The van der Waals surface area contributed by atoms with Gasteiger partial charge in [0.05, 0.1) is 22.6 Å². The molecule has 1 unspecified atom stereocenters. The lowest BCUT2D eigenvalue weighted by molar-refractivity contribution is -0.118. The van der Waals surface area contributed by atoms with E-state index in [0.29, 0.717) is 28.6 Å². The zero-order valence-corrected chi connectivity index (χ0v) is 19.8. The summed E-state index contributed by atoms with van der Waals surface area (Å²) in [6, 6.07) is 16.6. The number of benzene rings is 2. The van der Waals surface area contributed by atoms with Gasteiger partial charge in [0.2, 0.25) is 22.7 Å². The second-order valence-electron chi connectivity index (χ2n) is 8.74. The lowest BCUT2D eigenvalue weighted by atomic mass is 9.94. The van der Waals surface area contributed by atoms with E-state index in [1.54, 1.807) is 37.3 Å².